The first-order valence-corrected chi connectivity index (χ1v) is 7.18. The van der Waals surface area contributed by atoms with Crippen LogP contribution in [-0.2, 0) is 6.42 Å². The van der Waals surface area contributed by atoms with Crippen molar-refractivity contribution in [2.75, 3.05) is 20.3 Å². The lowest BCUT2D eigenvalue weighted by Crippen LogP contribution is -2.08. The van der Waals surface area contributed by atoms with Crippen molar-refractivity contribution in [1.82, 2.24) is 4.98 Å². The quantitative estimate of drug-likeness (QED) is 0.812. The van der Waals surface area contributed by atoms with Crippen molar-refractivity contribution < 1.29 is 19.0 Å². The van der Waals surface area contributed by atoms with E-state index in [-0.39, 0.29) is 5.78 Å². The Balaban J connectivity index is 1.95. The zero-order valence-corrected chi connectivity index (χ0v) is 12.4. The minimum Gasteiger partial charge on any atom is -0.493 e. The van der Waals surface area contributed by atoms with Gasteiger partial charge in [0.05, 0.1) is 25.9 Å². The van der Waals surface area contributed by atoms with Gasteiger partial charge in [0.25, 0.3) is 0 Å². The second kappa shape index (κ2) is 6.47. The topological polar surface area (TPSA) is 57.7 Å². The molecule has 0 saturated carbocycles. The van der Waals surface area contributed by atoms with E-state index in [1.54, 1.807) is 31.6 Å². The van der Waals surface area contributed by atoms with E-state index < -0.39 is 0 Å². The number of hydrogen-bond donors (Lipinski definition) is 0. The smallest absolute Gasteiger partial charge is 0.204 e. The van der Waals surface area contributed by atoms with Crippen LogP contribution in [0.4, 0.5) is 0 Å². The third kappa shape index (κ3) is 2.88. The van der Waals surface area contributed by atoms with E-state index in [1.165, 1.54) is 0 Å². The van der Waals surface area contributed by atoms with Crippen LogP contribution in [0.2, 0.25) is 0 Å². The summed E-state index contributed by atoms with van der Waals surface area (Å²) in [6.07, 6.45) is 4.42. The highest BCUT2D eigenvalue weighted by molar-refractivity contribution is 6.01. The van der Waals surface area contributed by atoms with Crippen molar-refractivity contribution in [3.8, 4) is 17.2 Å². The number of aromatic nitrogens is 1. The number of carbonyl (C=O) groups excluding carboxylic acids is 1. The number of carbonyl (C=O) groups is 1. The molecule has 0 radical (unpaired) electrons. The first-order chi connectivity index (χ1) is 10.8. The van der Waals surface area contributed by atoms with Gasteiger partial charge in [0.1, 0.15) is 0 Å². The molecule has 22 heavy (non-hydrogen) atoms. The summed E-state index contributed by atoms with van der Waals surface area (Å²) in [7, 11) is 1.57. The van der Waals surface area contributed by atoms with Crippen LogP contribution in [0.15, 0.2) is 36.7 Å². The molecule has 0 amide bonds. The molecule has 1 aromatic carbocycles. The molecule has 1 aliphatic rings. The van der Waals surface area contributed by atoms with Crippen molar-refractivity contribution in [1.29, 1.82) is 0 Å². The molecule has 0 N–H and O–H groups in total. The highest BCUT2D eigenvalue weighted by atomic mass is 16.5. The number of methoxy groups -OCH3 is 1. The molecular weight excluding hydrogens is 282 g/mol. The first kappa shape index (κ1) is 14.4. The van der Waals surface area contributed by atoms with Crippen LogP contribution in [0.25, 0.3) is 0 Å². The molecule has 1 aromatic heterocycles. The fourth-order valence-corrected chi connectivity index (χ4v) is 2.39. The van der Waals surface area contributed by atoms with Crippen molar-refractivity contribution in [3.63, 3.8) is 0 Å². The van der Waals surface area contributed by atoms with E-state index in [2.05, 4.69) is 4.98 Å². The zero-order valence-electron chi connectivity index (χ0n) is 12.4. The summed E-state index contributed by atoms with van der Waals surface area (Å²) in [4.78, 5) is 16.6. The summed E-state index contributed by atoms with van der Waals surface area (Å²) in [5.41, 5.74) is 1.44. The van der Waals surface area contributed by atoms with E-state index in [9.17, 15) is 4.79 Å². The van der Waals surface area contributed by atoms with Gasteiger partial charge in [-0.25, -0.2) is 0 Å². The van der Waals surface area contributed by atoms with E-state index in [4.69, 9.17) is 14.2 Å². The van der Waals surface area contributed by atoms with Crippen molar-refractivity contribution in [2.24, 2.45) is 0 Å². The number of Topliss-reactive ketones (excluding diaryl/α,β-unsaturated/α-hetero) is 1. The number of benzene rings is 1. The van der Waals surface area contributed by atoms with Crippen LogP contribution >= 0.6 is 0 Å². The Morgan fingerprint density at radius 1 is 1.14 bits per heavy atom. The van der Waals surface area contributed by atoms with Gasteiger partial charge in [-0.15, -0.1) is 0 Å². The number of fused-ring (bicyclic) bond motifs is 1. The lowest BCUT2D eigenvalue weighted by molar-refractivity contribution is 0.0989. The lowest BCUT2D eigenvalue weighted by Gasteiger charge is -2.15. The number of hydrogen-bond acceptors (Lipinski definition) is 5. The van der Waals surface area contributed by atoms with E-state index in [0.29, 0.717) is 42.4 Å². The van der Waals surface area contributed by atoms with Gasteiger partial charge < -0.3 is 14.2 Å². The van der Waals surface area contributed by atoms with Gasteiger partial charge in [-0.05, 0) is 29.8 Å². The van der Waals surface area contributed by atoms with Crippen molar-refractivity contribution >= 4 is 5.78 Å². The predicted molar refractivity (Wildman–Crippen MR) is 80.9 cm³/mol. The summed E-state index contributed by atoms with van der Waals surface area (Å²) in [6.45, 7) is 1.07. The van der Waals surface area contributed by atoms with Crippen molar-refractivity contribution in [3.05, 3.63) is 47.8 Å². The van der Waals surface area contributed by atoms with Gasteiger partial charge in [-0.2, -0.15) is 0 Å². The van der Waals surface area contributed by atoms with E-state index in [0.717, 1.165) is 12.0 Å². The third-order valence-electron chi connectivity index (χ3n) is 3.49. The number of rotatable bonds is 4. The van der Waals surface area contributed by atoms with Crippen LogP contribution < -0.4 is 14.2 Å². The molecule has 3 rings (SSSR count). The van der Waals surface area contributed by atoms with Crippen LogP contribution in [0.5, 0.6) is 17.2 Å². The van der Waals surface area contributed by atoms with Crippen molar-refractivity contribution in [2.45, 2.75) is 12.8 Å². The normalized spacial score (nSPS) is 13.3. The molecule has 114 valence electrons. The molecule has 1 aliphatic heterocycles. The Morgan fingerprint density at radius 3 is 2.59 bits per heavy atom. The maximum absolute atomic E-state index is 12.6. The number of nitrogens with zero attached hydrogens (tertiary/aromatic N) is 1. The van der Waals surface area contributed by atoms with E-state index >= 15 is 0 Å². The van der Waals surface area contributed by atoms with Crippen LogP contribution in [0.1, 0.15) is 22.3 Å². The summed E-state index contributed by atoms with van der Waals surface area (Å²) in [5, 5.41) is 0. The lowest BCUT2D eigenvalue weighted by atomic mass is 10.0. The number of pyridine rings is 1. The summed E-state index contributed by atoms with van der Waals surface area (Å²) in [5.74, 6) is 1.56. The number of ketones is 1. The van der Waals surface area contributed by atoms with Crippen LogP contribution in [0, 0.1) is 0 Å². The fourth-order valence-electron chi connectivity index (χ4n) is 2.39. The standard InChI is InChI=1S/C17H17NO4/c1-20-15-4-3-13(16-17(15)22-10-2-9-21-16)14(19)11-12-5-7-18-8-6-12/h3-8H,2,9-11H2,1H3. The van der Waals surface area contributed by atoms with Gasteiger partial charge in [-0.3, -0.25) is 9.78 Å². The fraction of sp³-hybridized carbons (Fsp3) is 0.294. The molecule has 0 saturated heterocycles. The molecule has 5 nitrogen and oxygen atoms in total. The maximum Gasteiger partial charge on any atom is 0.204 e. The van der Waals surface area contributed by atoms with Crippen LogP contribution in [-0.4, -0.2) is 31.1 Å². The van der Waals surface area contributed by atoms with Gasteiger partial charge in [0.15, 0.2) is 17.3 Å². The Morgan fingerprint density at radius 2 is 1.86 bits per heavy atom. The Labute approximate surface area is 128 Å². The molecule has 0 aliphatic carbocycles. The zero-order chi connectivity index (χ0) is 15.4. The average molecular weight is 299 g/mol. The minimum absolute atomic E-state index is 0.0180. The second-order valence-corrected chi connectivity index (χ2v) is 4.98. The Bertz CT molecular complexity index is 670. The molecule has 0 spiro atoms. The molecule has 0 bridgehead atoms. The maximum atomic E-state index is 12.6. The Hall–Kier alpha value is -2.56. The second-order valence-electron chi connectivity index (χ2n) is 4.98. The highest BCUT2D eigenvalue weighted by Crippen LogP contribution is 2.41. The summed E-state index contributed by atoms with van der Waals surface area (Å²) < 4.78 is 16.7. The molecular formula is C17H17NO4. The van der Waals surface area contributed by atoms with Gasteiger partial charge in [0, 0.05) is 25.2 Å². The SMILES string of the molecule is COc1ccc(C(=O)Cc2ccncc2)c2c1OCCCO2. The average Bonchev–Trinajstić information content (AvgIpc) is 2.80. The summed E-state index contributed by atoms with van der Waals surface area (Å²) >= 11 is 0. The van der Waals surface area contributed by atoms with E-state index in [1.807, 2.05) is 12.1 Å². The monoisotopic (exact) mass is 299 g/mol. The molecule has 2 heterocycles. The highest BCUT2D eigenvalue weighted by Gasteiger charge is 2.23. The van der Waals surface area contributed by atoms with Gasteiger partial charge >= 0.3 is 0 Å². The van der Waals surface area contributed by atoms with Gasteiger partial charge in [-0.1, -0.05) is 0 Å². The molecule has 0 fully saturated rings. The molecule has 0 atom stereocenters. The molecule has 0 unspecified atom stereocenters. The van der Waals surface area contributed by atoms with Gasteiger partial charge in [0.2, 0.25) is 5.75 Å². The summed E-state index contributed by atoms with van der Waals surface area (Å²) in [6, 6.07) is 7.14. The number of ether oxygens (including phenoxy) is 3. The first-order valence-electron chi connectivity index (χ1n) is 7.18. The Kier molecular flexibility index (Phi) is 4.23. The minimum atomic E-state index is -0.0180. The molecule has 5 heteroatoms. The predicted octanol–water partition coefficient (Wildman–Crippen LogP) is 2.68. The third-order valence-corrected chi connectivity index (χ3v) is 3.49. The largest absolute Gasteiger partial charge is 0.493 e. The van der Waals surface area contributed by atoms with Crippen LogP contribution in [0.3, 0.4) is 0 Å². The molecule has 2 aromatic rings.